The van der Waals surface area contributed by atoms with Crippen molar-refractivity contribution in [1.82, 2.24) is 4.90 Å². The van der Waals surface area contributed by atoms with E-state index >= 15 is 0 Å². The maximum Gasteiger partial charge on any atom is 0.418 e. The molecule has 1 unspecified atom stereocenters. The van der Waals surface area contributed by atoms with E-state index in [-0.39, 0.29) is 5.57 Å². The number of allylic oxidation sites excluding steroid dienone is 1. The molecule has 1 aliphatic rings. The van der Waals surface area contributed by atoms with Crippen molar-refractivity contribution in [2.45, 2.75) is 65.7 Å². The molecule has 21 heavy (non-hydrogen) atoms. The van der Waals surface area contributed by atoms with E-state index < -0.39 is 35.2 Å². The van der Waals surface area contributed by atoms with Gasteiger partial charge in [0.1, 0.15) is 11.2 Å². The lowest BCUT2D eigenvalue weighted by Crippen LogP contribution is -2.63. The fourth-order valence-corrected chi connectivity index (χ4v) is 1.82. The van der Waals surface area contributed by atoms with Crippen LogP contribution in [0.4, 0.5) is 4.79 Å². The number of hydrogen-bond acceptors (Lipinski definition) is 5. The third-order valence-electron chi connectivity index (χ3n) is 2.55. The first-order valence-corrected chi connectivity index (χ1v) is 6.83. The second-order valence-electron chi connectivity index (χ2n) is 6.84. The van der Waals surface area contributed by atoms with Crippen molar-refractivity contribution in [3.8, 4) is 0 Å². The Bertz CT molecular complexity index is 493. The normalized spacial score (nSPS) is 21.1. The minimum absolute atomic E-state index is 0.245. The molecule has 1 aliphatic heterocycles. The first-order valence-electron chi connectivity index (χ1n) is 6.83. The van der Waals surface area contributed by atoms with Crippen LogP contribution in [0.3, 0.4) is 0 Å². The highest BCUT2D eigenvalue weighted by Gasteiger charge is 2.53. The Morgan fingerprint density at radius 3 is 1.90 bits per heavy atom. The number of likely N-dealkylation sites (tertiary alicyclic amines) is 1. The van der Waals surface area contributed by atoms with Crippen molar-refractivity contribution in [3.63, 3.8) is 0 Å². The van der Waals surface area contributed by atoms with Gasteiger partial charge in [0.25, 0.3) is 5.91 Å². The minimum atomic E-state index is -1.03. The van der Waals surface area contributed by atoms with Crippen molar-refractivity contribution in [3.05, 3.63) is 11.6 Å². The van der Waals surface area contributed by atoms with Crippen LogP contribution in [0, 0.1) is 0 Å². The number of esters is 1. The van der Waals surface area contributed by atoms with Crippen LogP contribution < -0.4 is 0 Å². The van der Waals surface area contributed by atoms with Gasteiger partial charge in [-0.15, -0.1) is 0 Å². The Morgan fingerprint density at radius 1 is 1.05 bits per heavy atom. The smallest absolute Gasteiger partial charge is 0.418 e. The Kier molecular flexibility index (Phi) is 4.51. The summed E-state index contributed by atoms with van der Waals surface area (Å²) in [7, 11) is 0. The van der Waals surface area contributed by atoms with Gasteiger partial charge in [-0.05, 0) is 48.5 Å². The largest absolute Gasteiger partial charge is 0.458 e. The number of imide groups is 1. The zero-order chi connectivity index (χ0) is 16.6. The molecule has 0 aromatic carbocycles. The summed E-state index contributed by atoms with van der Waals surface area (Å²) in [5.74, 6) is -1.16. The average molecular weight is 297 g/mol. The van der Waals surface area contributed by atoms with Gasteiger partial charge in [0, 0.05) is 5.57 Å². The Morgan fingerprint density at radius 2 is 1.52 bits per heavy atom. The van der Waals surface area contributed by atoms with Crippen LogP contribution in [0.15, 0.2) is 11.6 Å². The molecule has 0 aliphatic carbocycles. The zero-order valence-electron chi connectivity index (χ0n) is 13.6. The number of rotatable bonds is 1. The first kappa shape index (κ1) is 17.2. The van der Waals surface area contributed by atoms with Crippen LogP contribution >= 0.6 is 0 Å². The van der Waals surface area contributed by atoms with Crippen LogP contribution in [0.5, 0.6) is 0 Å². The van der Waals surface area contributed by atoms with E-state index in [9.17, 15) is 14.4 Å². The van der Waals surface area contributed by atoms with Gasteiger partial charge in [-0.2, -0.15) is 0 Å². The monoisotopic (exact) mass is 297 g/mol. The van der Waals surface area contributed by atoms with Crippen molar-refractivity contribution >= 4 is 18.0 Å². The van der Waals surface area contributed by atoms with E-state index in [1.807, 2.05) is 0 Å². The molecule has 118 valence electrons. The molecule has 0 aromatic rings. The van der Waals surface area contributed by atoms with Crippen LogP contribution in [-0.4, -0.2) is 40.1 Å². The molecule has 0 bridgehead atoms. The summed E-state index contributed by atoms with van der Waals surface area (Å²) in [5, 5.41) is 0. The number of nitrogens with zero attached hydrogens (tertiary/aromatic N) is 1. The van der Waals surface area contributed by atoms with Gasteiger partial charge >= 0.3 is 12.1 Å². The topological polar surface area (TPSA) is 72.9 Å². The van der Waals surface area contributed by atoms with E-state index in [1.165, 1.54) is 6.08 Å². The Labute approximate surface area is 125 Å². The number of β-lactam (4-membered cyclic amide) rings is 1. The summed E-state index contributed by atoms with van der Waals surface area (Å²) in [6, 6.07) is -1.03. The van der Waals surface area contributed by atoms with Gasteiger partial charge in [-0.3, -0.25) is 4.79 Å². The molecule has 0 N–H and O–H groups in total. The molecule has 2 amide bonds. The first-order chi connectivity index (χ1) is 9.37. The highest BCUT2D eigenvalue weighted by molar-refractivity contribution is 6.17. The summed E-state index contributed by atoms with van der Waals surface area (Å²) in [6.07, 6.45) is 0.673. The van der Waals surface area contributed by atoms with E-state index in [4.69, 9.17) is 9.47 Å². The van der Waals surface area contributed by atoms with Gasteiger partial charge in [0.15, 0.2) is 6.04 Å². The number of carbonyl (C=O) groups is 3. The number of amides is 2. The van der Waals surface area contributed by atoms with Crippen molar-refractivity contribution in [2.24, 2.45) is 0 Å². The molecule has 1 heterocycles. The summed E-state index contributed by atoms with van der Waals surface area (Å²) in [5.41, 5.74) is -1.20. The summed E-state index contributed by atoms with van der Waals surface area (Å²) >= 11 is 0. The lowest BCUT2D eigenvalue weighted by molar-refractivity contribution is -0.167. The molecule has 1 fully saturated rings. The fourth-order valence-electron chi connectivity index (χ4n) is 1.82. The van der Waals surface area contributed by atoms with E-state index in [0.29, 0.717) is 0 Å². The van der Waals surface area contributed by atoms with Crippen LogP contribution in [0.2, 0.25) is 0 Å². The maximum atomic E-state index is 12.2. The lowest BCUT2D eigenvalue weighted by Gasteiger charge is -2.40. The molecule has 6 heteroatoms. The van der Waals surface area contributed by atoms with Crippen LogP contribution in [-0.2, 0) is 19.1 Å². The van der Waals surface area contributed by atoms with Gasteiger partial charge in [0.05, 0.1) is 0 Å². The van der Waals surface area contributed by atoms with Gasteiger partial charge in [0.2, 0.25) is 0 Å². The van der Waals surface area contributed by atoms with Gasteiger partial charge in [-0.1, -0.05) is 6.08 Å². The summed E-state index contributed by atoms with van der Waals surface area (Å²) in [6.45, 7) is 11.9. The predicted octanol–water partition coefficient (Wildman–Crippen LogP) is 2.42. The molecule has 0 saturated carbocycles. The van der Waals surface area contributed by atoms with E-state index in [0.717, 1.165) is 4.90 Å². The SMILES string of the molecule is C/C=C1/C(=O)N(C(=O)OC(C)(C)C)C1C(=O)OC(C)(C)C. The molecule has 0 radical (unpaired) electrons. The average Bonchev–Trinajstić information content (AvgIpc) is 2.20. The van der Waals surface area contributed by atoms with Crippen molar-refractivity contribution < 1.29 is 23.9 Å². The third-order valence-corrected chi connectivity index (χ3v) is 2.55. The summed E-state index contributed by atoms with van der Waals surface area (Å²) in [4.78, 5) is 37.0. The second kappa shape index (κ2) is 5.50. The standard InChI is InChI=1S/C15H23NO5/c1-8-9-10(12(18)20-14(2,3)4)16(11(9)17)13(19)21-15(5,6)7/h8,10H,1-7H3/b9-8+. The minimum Gasteiger partial charge on any atom is -0.458 e. The molecular weight excluding hydrogens is 274 g/mol. The fraction of sp³-hybridized carbons (Fsp3) is 0.667. The molecule has 0 spiro atoms. The summed E-state index contributed by atoms with van der Waals surface area (Å²) < 4.78 is 10.4. The predicted molar refractivity (Wildman–Crippen MR) is 76.5 cm³/mol. The Balaban J connectivity index is 2.95. The molecule has 6 nitrogen and oxygen atoms in total. The van der Waals surface area contributed by atoms with E-state index in [1.54, 1.807) is 48.5 Å². The maximum absolute atomic E-state index is 12.2. The van der Waals surface area contributed by atoms with E-state index in [2.05, 4.69) is 0 Å². The quantitative estimate of drug-likeness (QED) is 0.422. The van der Waals surface area contributed by atoms with Gasteiger partial charge < -0.3 is 9.47 Å². The molecule has 1 atom stereocenters. The Hall–Kier alpha value is -1.85. The second-order valence-corrected chi connectivity index (χ2v) is 6.84. The molecule has 0 aromatic heterocycles. The number of carbonyl (C=O) groups excluding carboxylic acids is 3. The highest BCUT2D eigenvalue weighted by Crippen LogP contribution is 2.30. The van der Waals surface area contributed by atoms with Gasteiger partial charge in [-0.25, -0.2) is 14.5 Å². The number of ether oxygens (including phenoxy) is 2. The van der Waals surface area contributed by atoms with Crippen LogP contribution in [0.1, 0.15) is 48.5 Å². The zero-order valence-corrected chi connectivity index (χ0v) is 13.6. The molecule has 1 rings (SSSR count). The van der Waals surface area contributed by atoms with Crippen molar-refractivity contribution in [2.75, 3.05) is 0 Å². The third kappa shape index (κ3) is 4.06. The molecular formula is C15H23NO5. The van der Waals surface area contributed by atoms with Crippen LogP contribution in [0.25, 0.3) is 0 Å². The highest BCUT2D eigenvalue weighted by atomic mass is 16.6. The lowest BCUT2D eigenvalue weighted by atomic mass is 9.94. The number of hydrogen-bond donors (Lipinski definition) is 0. The molecule has 1 saturated heterocycles. The van der Waals surface area contributed by atoms with Crippen molar-refractivity contribution in [1.29, 1.82) is 0 Å².